The molecule has 0 bridgehead atoms. The lowest BCUT2D eigenvalue weighted by Crippen LogP contribution is -2.31. The van der Waals surface area contributed by atoms with Crippen molar-refractivity contribution in [2.45, 2.75) is 46.0 Å². The second-order valence-electron chi connectivity index (χ2n) is 3.99. The Bertz CT molecular complexity index is 97.4. The lowest BCUT2D eigenvalue weighted by atomic mass is 9.68. The van der Waals surface area contributed by atoms with Crippen LogP contribution in [0.2, 0.25) is 0 Å². The molecule has 1 saturated carbocycles. The fourth-order valence-corrected chi connectivity index (χ4v) is 1.90. The molecule has 1 aliphatic carbocycles. The maximum atomic E-state index is 3.42. The van der Waals surface area contributed by atoms with Gasteiger partial charge >= 0.3 is 0 Å². The van der Waals surface area contributed by atoms with Gasteiger partial charge in [-0.25, -0.2) is 0 Å². The van der Waals surface area contributed by atoms with Crippen LogP contribution in [0.15, 0.2) is 0 Å². The van der Waals surface area contributed by atoms with Crippen molar-refractivity contribution >= 4 is 0 Å². The summed E-state index contributed by atoms with van der Waals surface area (Å²) in [6.07, 6.45) is 7.19. The number of nitrogens with one attached hydrogen (secondary N) is 1. The van der Waals surface area contributed by atoms with E-state index in [-0.39, 0.29) is 0 Å². The summed E-state index contributed by atoms with van der Waals surface area (Å²) in [4.78, 5) is 0. The Labute approximate surface area is 70.6 Å². The zero-order chi connectivity index (χ0) is 8.16. The van der Waals surface area contributed by atoms with Gasteiger partial charge < -0.3 is 5.32 Å². The normalized spacial score (nSPS) is 25.6. The summed E-state index contributed by atoms with van der Waals surface area (Å²) in [5.41, 5.74) is 0.806. The van der Waals surface area contributed by atoms with E-state index in [2.05, 4.69) is 19.2 Å². The van der Waals surface area contributed by atoms with Crippen LogP contribution in [0.25, 0.3) is 0 Å². The van der Waals surface area contributed by atoms with Gasteiger partial charge in [-0.1, -0.05) is 26.7 Å². The average molecular weight is 155 g/mol. The van der Waals surface area contributed by atoms with E-state index in [1.807, 2.05) is 0 Å². The van der Waals surface area contributed by atoms with Gasteiger partial charge in [0.1, 0.15) is 0 Å². The van der Waals surface area contributed by atoms with E-state index in [0.29, 0.717) is 0 Å². The molecular weight excluding hydrogens is 134 g/mol. The third kappa shape index (κ3) is 2.19. The van der Waals surface area contributed by atoms with Gasteiger partial charge in [-0.2, -0.15) is 0 Å². The molecule has 1 heteroatoms. The summed E-state index contributed by atoms with van der Waals surface area (Å²) in [6.45, 7) is 6.84. The smallest absolute Gasteiger partial charge is 0.000829 e. The van der Waals surface area contributed by atoms with Gasteiger partial charge in [0.05, 0.1) is 0 Å². The van der Waals surface area contributed by atoms with E-state index < -0.39 is 0 Å². The minimum atomic E-state index is 0.806. The van der Waals surface area contributed by atoms with Crippen LogP contribution >= 0.6 is 0 Å². The molecule has 1 saturated heterocycles. The Morgan fingerprint density at radius 2 is 1.82 bits per heavy atom. The van der Waals surface area contributed by atoms with Crippen molar-refractivity contribution in [2.24, 2.45) is 5.41 Å². The van der Waals surface area contributed by atoms with E-state index in [9.17, 15) is 0 Å². The van der Waals surface area contributed by atoms with Crippen LogP contribution in [0.4, 0.5) is 0 Å². The molecule has 2 aliphatic rings. The zero-order valence-corrected chi connectivity index (χ0v) is 7.95. The van der Waals surface area contributed by atoms with Gasteiger partial charge in [0.2, 0.25) is 0 Å². The second-order valence-corrected chi connectivity index (χ2v) is 3.99. The highest BCUT2D eigenvalue weighted by molar-refractivity contribution is 4.93. The van der Waals surface area contributed by atoms with Gasteiger partial charge in [0.15, 0.2) is 0 Å². The lowest BCUT2D eigenvalue weighted by Gasteiger charge is -2.37. The molecule has 1 N–H and O–H groups in total. The van der Waals surface area contributed by atoms with Crippen molar-refractivity contribution in [1.29, 1.82) is 0 Å². The molecule has 0 radical (unpaired) electrons. The van der Waals surface area contributed by atoms with Crippen LogP contribution in [-0.2, 0) is 0 Å². The quantitative estimate of drug-likeness (QED) is 0.567. The Hall–Kier alpha value is -0.0400. The first-order chi connectivity index (χ1) is 5.33. The third-order valence-corrected chi connectivity index (χ3v) is 2.75. The first kappa shape index (κ1) is 9.05. The van der Waals surface area contributed by atoms with Crippen LogP contribution in [0.1, 0.15) is 46.0 Å². The molecule has 1 spiro atoms. The molecule has 0 aromatic carbocycles. The van der Waals surface area contributed by atoms with Gasteiger partial charge in [-0.15, -0.1) is 0 Å². The fourth-order valence-electron chi connectivity index (χ4n) is 1.90. The summed E-state index contributed by atoms with van der Waals surface area (Å²) in [6, 6.07) is 0. The molecule has 0 amide bonds. The van der Waals surface area contributed by atoms with Crippen LogP contribution in [-0.4, -0.2) is 13.1 Å². The fraction of sp³-hybridized carbons (Fsp3) is 1.00. The van der Waals surface area contributed by atoms with Gasteiger partial charge in [-0.3, -0.25) is 0 Å². The van der Waals surface area contributed by atoms with Crippen molar-refractivity contribution < 1.29 is 0 Å². The minimum Gasteiger partial charge on any atom is -0.316 e. The molecule has 1 nitrogen and oxygen atoms in total. The average Bonchev–Trinajstić information content (AvgIpc) is 2.34. The van der Waals surface area contributed by atoms with Crippen molar-refractivity contribution in [3.05, 3.63) is 0 Å². The van der Waals surface area contributed by atoms with E-state index >= 15 is 0 Å². The van der Waals surface area contributed by atoms with Crippen molar-refractivity contribution in [3.8, 4) is 0 Å². The molecule has 0 aromatic heterocycles. The maximum absolute atomic E-state index is 3.42. The van der Waals surface area contributed by atoms with Crippen LogP contribution in [0, 0.1) is 5.41 Å². The van der Waals surface area contributed by atoms with E-state index in [0.717, 1.165) is 5.41 Å². The maximum Gasteiger partial charge on any atom is 0.000829 e. The zero-order valence-electron chi connectivity index (χ0n) is 7.95. The third-order valence-electron chi connectivity index (χ3n) is 2.75. The van der Waals surface area contributed by atoms with Gasteiger partial charge in [0.25, 0.3) is 0 Å². The summed E-state index contributed by atoms with van der Waals surface area (Å²) in [5, 5.41) is 3.42. The summed E-state index contributed by atoms with van der Waals surface area (Å²) >= 11 is 0. The first-order valence-corrected chi connectivity index (χ1v) is 5.04. The highest BCUT2D eigenvalue weighted by Crippen LogP contribution is 2.45. The number of rotatable bonds is 0. The van der Waals surface area contributed by atoms with E-state index in [1.165, 1.54) is 45.2 Å². The molecule has 1 aliphatic heterocycles. The van der Waals surface area contributed by atoms with Crippen molar-refractivity contribution in [3.63, 3.8) is 0 Å². The predicted molar refractivity (Wildman–Crippen MR) is 49.7 cm³/mol. The van der Waals surface area contributed by atoms with Crippen molar-refractivity contribution in [1.82, 2.24) is 5.32 Å². The van der Waals surface area contributed by atoms with Gasteiger partial charge in [0, 0.05) is 6.54 Å². The highest BCUT2D eigenvalue weighted by atomic mass is 14.9. The molecular formula is C10H21N. The van der Waals surface area contributed by atoms with Crippen LogP contribution < -0.4 is 5.32 Å². The second kappa shape index (κ2) is 4.10. The Balaban J connectivity index is 0.000000179. The molecule has 11 heavy (non-hydrogen) atoms. The molecule has 0 aromatic rings. The highest BCUT2D eigenvalue weighted by Gasteiger charge is 2.38. The molecule has 2 rings (SSSR count). The Kier molecular flexibility index (Phi) is 3.38. The predicted octanol–water partition coefficient (Wildman–Crippen LogP) is 2.57. The van der Waals surface area contributed by atoms with Crippen molar-refractivity contribution in [2.75, 3.05) is 13.1 Å². The van der Waals surface area contributed by atoms with Crippen LogP contribution in [0.5, 0.6) is 0 Å². The molecule has 0 unspecified atom stereocenters. The van der Waals surface area contributed by atoms with E-state index in [4.69, 9.17) is 0 Å². The molecule has 0 atom stereocenters. The van der Waals surface area contributed by atoms with Gasteiger partial charge in [-0.05, 0) is 31.2 Å². The standard InChI is InChI=1S/C7H13N.C3H8/c1-2-7(3-1)4-5-8-6-7;1-3-2/h8H,1-6H2;3H2,1-2H3. The van der Waals surface area contributed by atoms with Crippen LogP contribution in [0.3, 0.4) is 0 Å². The van der Waals surface area contributed by atoms with E-state index in [1.54, 1.807) is 0 Å². The molecule has 2 fully saturated rings. The Morgan fingerprint density at radius 3 is 2.00 bits per heavy atom. The first-order valence-electron chi connectivity index (χ1n) is 5.04. The molecule has 66 valence electrons. The summed E-state index contributed by atoms with van der Waals surface area (Å²) in [5.74, 6) is 0. The number of hydrogen-bond donors (Lipinski definition) is 1. The number of hydrogen-bond acceptors (Lipinski definition) is 1. The minimum absolute atomic E-state index is 0.806. The topological polar surface area (TPSA) is 12.0 Å². The Morgan fingerprint density at radius 1 is 1.18 bits per heavy atom. The summed E-state index contributed by atoms with van der Waals surface area (Å²) in [7, 11) is 0. The summed E-state index contributed by atoms with van der Waals surface area (Å²) < 4.78 is 0. The molecule has 1 heterocycles. The monoisotopic (exact) mass is 155 g/mol. The largest absolute Gasteiger partial charge is 0.316 e. The lowest BCUT2D eigenvalue weighted by molar-refractivity contribution is 0.163. The SMILES string of the molecule is C1CC2(C1)CCNC2.CCC.